The van der Waals surface area contributed by atoms with Crippen LogP contribution in [0.5, 0.6) is 0 Å². The van der Waals surface area contributed by atoms with Gasteiger partial charge in [0.15, 0.2) is 5.78 Å². The van der Waals surface area contributed by atoms with Gasteiger partial charge in [0.2, 0.25) is 0 Å². The van der Waals surface area contributed by atoms with Crippen molar-refractivity contribution in [1.29, 1.82) is 0 Å². The molecule has 0 unspecified atom stereocenters. The minimum absolute atomic E-state index is 0.0504. The van der Waals surface area contributed by atoms with Crippen LogP contribution in [0.3, 0.4) is 0 Å². The van der Waals surface area contributed by atoms with E-state index in [0.717, 1.165) is 19.3 Å². The molecule has 0 aliphatic heterocycles. The lowest BCUT2D eigenvalue weighted by Crippen LogP contribution is -2.18. The standard InChI is InChI=1S/C18H26O5/c1-13(2)17(20)22-11-12-23-18(21)16(14(3)19)10-9-15-7-5-4-6-8-15/h10,15H,1,4-9,11-12H2,2-3H3/b16-10+. The number of rotatable bonds is 8. The van der Waals surface area contributed by atoms with Gasteiger partial charge in [0, 0.05) is 5.57 Å². The molecule has 0 atom stereocenters. The van der Waals surface area contributed by atoms with E-state index in [1.165, 1.54) is 33.1 Å². The molecule has 0 aromatic heterocycles. The van der Waals surface area contributed by atoms with Crippen LogP contribution in [0.4, 0.5) is 0 Å². The van der Waals surface area contributed by atoms with Crippen LogP contribution in [0.25, 0.3) is 0 Å². The van der Waals surface area contributed by atoms with Crippen molar-refractivity contribution < 1.29 is 23.9 Å². The lowest BCUT2D eigenvalue weighted by atomic mass is 9.86. The molecule has 0 saturated heterocycles. The van der Waals surface area contributed by atoms with Gasteiger partial charge in [-0.2, -0.15) is 0 Å². The van der Waals surface area contributed by atoms with Crippen molar-refractivity contribution in [3.05, 3.63) is 23.8 Å². The summed E-state index contributed by atoms with van der Waals surface area (Å²) in [5.41, 5.74) is 0.370. The molecular weight excluding hydrogens is 296 g/mol. The highest BCUT2D eigenvalue weighted by atomic mass is 16.6. The first kappa shape index (κ1) is 19.1. The summed E-state index contributed by atoms with van der Waals surface area (Å²) < 4.78 is 9.83. The van der Waals surface area contributed by atoms with Crippen molar-refractivity contribution in [3.63, 3.8) is 0 Å². The zero-order valence-electron chi connectivity index (χ0n) is 14.1. The van der Waals surface area contributed by atoms with Gasteiger partial charge in [0.1, 0.15) is 13.2 Å². The van der Waals surface area contributed by atoms with Crippen molar-refractivity contribution >= 4 is 17.7 Å². The van der Waals surface area contributed by atoms with Crippen molar-refractivity contribution in [2.75, 3.05) is 13.2 Å². The number of hydrogen-bond donors (Lipinski definition) is 0. The van der Waals surface area contributed by atoms with Gasteiger partial charge in [-0.25, -0.2) is 9.59 Å². The van der Waals surface area contributed by atoms with Gasteiger partial charge in [-0.05, 0) is 26.2 Å². The Morgan fingerprint density at radius 2 is 1.57 bits per heavy atom. The minimum Gasteiger partial charge on any atom is -0.459 e. The zero-order chi connectivity index (χ0) is 17.2. The van der Waals surface area contributed by atoms with Crippen molar-refractivity contribution in [2.24, 2.45) is 5.92 Å². The van der Waals surface area contributed by atoms with Gasteiger partial charge in [-0.1, -0.05) is 44.8 Å². The number of hydrogen-bond acceptors (Lipinski definition) is 5. The number of carbonyl (C=O) groups excluding carboxylic acids is 3. The van der Waals surface area contributed by atoms with Crippen LogP contribution in [0.2, 0.25) is 0 Å². The summed E-state index contributed by atoms with van der Waals surface area (Å²) in [7, 11) is 0. The molecule has 0 bridgehead atoms. The number of Topliss-reactive ketones (excluding diaryl/α,β-unsaturated/α-hetero) is 1. The number of ketones is 1. The van der Waals surface area contributed by atoms with Crippen LogP contribution in [0, 0.1) is 5.92 Å². The highest BCUT2D eigenvalue weighted by Gasteiger charge is 2.18. The summed E-state index contributed by atoms with van der Waals surface area (Å²) in [6.45, 7) is 6.22. The fraction of sp³-hybridized carbons (Fsp3) is 0.611. The molecule has 0 amide bonds. The number of ether oxygens (including phenoxy) is 2. The van der Waals surface area contributed by atoms with Gasteiger partial charge in [0.25, 0.3) is 0 Å². The fourth-order valence-electron chi connectivity index (χ4n) is 2.55. The van der Waals surface area contributed by atoms with Gasteiger partial charge in [-0.3, -0.25) is 4.79 Å². The second kappa shape index (κ2) is 9.98. The lowest BCUT2D eigenvalue weighted by molar-refractivity contribution is -0.148. The Labute approximate surface area is 137 Å². The normalized spacial score (nSPS) is 15.8. The largest absolute Gasteiger partial charge is 0.459 e. The summed E-state index contributed by atoms with van der Waals surface area (Å²) in [4.78, 5) is 34.8. The van der Waals surface area contributed by atoms with Crippen LogP contribution >= 0.6 is 0 Å². The van der Waals surface area contributed by atoms with Crippen molar-refractivity contribution in [3.8, 4) is 0 Å². The van der Waals surface area contributed by atoms with E-state index >= 15 is 0 Å². The van der Waals surface area contributed by atoms with E-state index in [9.17, 15) is 14.4 Å². The quantitative estimate of drug-likeness (QED) is 0.226. The number of esters is 2. The van der Waals surface area contributed by atoms with E-state index in [2.05, 4.69) is 6.58 Å². The Morgan fingerprint density at radius 1 is 1.00 bits per heavy atom. The third kappa shape index (κ3) is 7.26. The molecule has 128 valence electrons. The molecule has 23 heavy (non-hydrogen) atoms. The predicted octanol–water partition coefficient (Wildman–Crippen LogP) is 3.13. The molecule has 1 saturated carbocycles. The average molecular weight is 322 g/mol. The van der Waals surface area contributed by atoms with Crippen LogP contribution in [0.1, 0.15) is 52.4 Å². The molecule has 0 spiro atoms. The highest BCUT2D eigenvalue weighted by molar-refractivity contribution is 6.16. The van der Waals surface area contributed by atoms with Crippen LogP contribution in [-0.4, -0.2) is 30.9 Å². The third-order valence-electron chi connectivity index (χ3n) is 3.88. The topological polar surface area (TPSA) is 69.7 Å². The van der Waals surface area contributed by atoms with Crippen LogP contribution in [0.15, 0.2) is 23.8 Å². The molecule has 1 aliphatic carbocycles. The Balaban J connectivity index is 2.43. The Morgan fingerprint density at radius 3 is 2.09 bits per heavy atom. The second-order valence-electron chi connectivity index (χ2n) is 5.97. The molecule has 0 aromatic rings. The molecule has 0 N–H and O–H groups in total. The Hall–Kier alpha value is -1.91. The smallest absolute Gasteiger partial charge is 0.341 e. The molecule has 1 rings (SSSR count). The average Bonchev–Trinajstić information content (AvgIpc) is 2.52. The fourth-order valence-corrected chi connectivity index (χ4v) is 2.55. The van der Waals surface area contributed by atoms with E-state index in [4.69, 9.17) is 9.47 Å². The number of allylic oxidation sites excluding steroid dienone is 1. The molecule has 5 nitrogen and oxygen atoms in total. The van der Waals surface area contributed by atoms with Crippen LogP contribution in [-0.2, 0) is 23.9 Å². The Bertz CT molecular complexity index is 484. The second-order valence-corrected chi connectivity index (χ2v) is 5.97. The summed E-state index contributed by atoms with van der Waals surface area (Å²) in [6, 6.07) is 0. The number of carbonyl (C=O) groups is 3. The molecular formula is C18H26O5. The molecule has 1 fully saturated rings. The van der Waals surface area contributed by atoms with E-state index in [0.29, 0.717) is 5.92 Å². The summed E-state index contributed by atoms with van der Waals surface area (Å²) >= 11 is 0. The van der Waals surface area contributed by atoms with E-state index in [-0.39, 0.29) is 30.1 Å². The summed E-state index contributed by atoms with van der Waals surface area (Å²) in [6.07, 6.45) is 8.42. The van der Waals surface area contributed by atoms with Gasteiger partial charge >= 0.3 is 11.9 Å². The molecule has 5 heteroatoms. The first-order valence-electron chi connectivity index (χ1n) is 8.12. The van der Waals surface area contributed by atoms with Gasteiger partial charge in [0.05, 0.1) is 5.57 Å². The van der Waals surface area contributed by atoms with Gasteiger partial charge < -0.3 is 9.47 Å². The maximum atomic E-state index is 12.0. The van der Waals surface area contributed by atoms with Gasteiger partial charge in [-0.15, -0.1) is 0 Å². The zero-order valence-corrected chi connectivity index (χ0v) is 14.1. The minimum atomic E-state index is -0.653. The van der Waals surface area contributed by atoms with E-state index < -0.39 is 11.9 Å². The monoisotopic (exact) mass is 322 g/mol. The molecule has 1 aliphatic rings. The first-order chi connectivity index (χ1) is 10.9. The maximum absolute atomic E-state index is 12.0. The molecule has 0 aromatic carbocycles. The van der Waals surface area contributed by atoms with E-state index in [1.54, 1.807) is 6.08 Å². The summed E-state index contributed by atoms with van der Waals surface area (Å²) in [5.74, 6) is -0.937. The van der Waals surface area contributed by atoms with Crippen LogP contribution < -0.4 is 0 Å². The maximum Gasteiger partial charge on any atom is 0.341 e. The predicted molar refractivity (Wildman–Crippen MR) is 86.7 cm³/mol. The van der Waals surface area contributed by atoms with Crippen molar-refractivity contribution in [2.45, 2.75) is 52.4 Å². The summed E-state index contributed by atoms with van der Waals surface area (Å²) in [5, 5.41) is 0. The Kier molecular flexibility index (Phi) is 8.30. The highest BCUT2D eigenvalue weighted by Crippen LogP contribution is 2.27. The molecule has 0 heterocycles. The SMILES string of the molecule is C=C(C)C(=O)OCCOC(=O)/C(=C/CC1CCCCC1)C(C)=O. The van der Waals surface area contributed by atoms with E-state index in [1.807, 2.05) is 0 Å². The first-order valence-corrected chi connectivity index (χ1v) is 8.12. The third-order valence-corrected chi connectivity index (χ3v) is 3.88. The lowest BCUT2D eigenvalue weighted by Gasteiger charge is -2.20. The van der Waals surface area contributed by atoms with Crippen molar-refractivity contribution in [1.82, 2.24) is 0 Å². The molecule has 0 radical (unpaired) electrons.